The number of hydrogen-bond donors (Lipinski definition) is 1. The summed E-state index contributed by atoms with van der Waals surface area (Å²) >= 11 is 0. The summed E-state index contributed by atoms with van der Waals surface area (Å²) in [6.07, 6.45) is 2.87. The van der Waals surface area contributed by atoms with Crippen molar-refractivity contribution in [1.29, 1.82) is 0 Å². The van der Waals surface area contributed by atoms with Crippen molar-refractivity contribution in [2.75, 3.05) is 7.11 Å². The van der Waals surface area contributed by atoms with Gasteiger partial charge in [0, 0.05) is 18.5 Å². The van der Waals surface area contributed by atoms with E-state index < -0.39 is 0 Å². The topological polar surface area (TPSA) is 51.5 Å². The van der Waals surface area contributed by atoms with Crippen molar-refractivity contribution in [3.63, 3.8) is 0 Å². The SMILES string of the molecule is COC(=O)CC(C)NC(C)Cc1ccco1. The van der Waals surface area contributed by atoms with E-state index in [1.54, 1.807) is 6.26 Å². The highest BCUT2D eigenvalue weighted by molar-refractivity contribution is 5.69. The zero-order valence-electron chi connectivity index (χ0n) is 10.0. The maximum Gasteiger partial charge on any atom is 0.307 e. The summed E-state index contributed by atoms with van der Waals surface area (Å²) in [6, 6.07) is 4.20. The fourth-order valence-corrected chi connectivity index (χ4v) is 1.67. The second-order valence-electron chi connectivity index (χ2n) is 4.03. The van der Waals surface area contributed by atoms with Gasteiger partial charge in [-0.3, -0.25) is 4.79 Å². The summed E-state index contributed by atoms with van der Waals surface area (Å²) < 4.78 is 9.87. The van der Waals surface area contributed by atoms with Crippen molar-refractivity contribution in [3.8, 4) is 0 Å². The highest BCUT2D eigenvalue weighted by Gasteiger charge is 2.12. The van der Waals surface area contributed by atoms with Crippen molar-refractivity contribution >= 4 is 5.97 Å². The average Bonchev–Trinajstić information content (AvgIpc) is 2.69. The molecule has 1 aromatic heterocycles. The Morgan fingerprint density at radius 3 is 2.81 bits per heavy atom. The lowest BCUT2D eigenvalue weighted by Crippen LogP contribution is -2.37. The Morgan fingerprint density at radius 1 is 1.50 bits per heavy atom. The van der Waals surface area contributed by atoms with Gasteiger partial charge in [0.2, 0.25) is 0 Å². The number of methoxy groups -OCH3 is 1. The lowest BCUT2D eigenvalue weighted by molar-refractivity contribution is -0.141. The van der Waals surface area contributed by atoms with Gasteiger partial charge in [-0.2, -0.15) is 0 Å². The number of nitrogens with one attached hydrogen (secondary N) is 1. The number of esters is 1. The molecule has 0 radical (unpaired) electrons. The molecule has 0 amide bonds. The Kier molecular flexibility index (Phi) is 5.05. The van der Waals surface area contributed by atoms with Crippen LogP contribution in [-0.2, 0) is 16.0 Å². The first kappa shape index (κ1) is 12.8. The molecular weight excluding hydrogens is 206 g/mol. The predicted molar refractivity (Wildman–Crippen MR) is 61.1 cm³/mol. The Hall–Kier alpha value is -1.29. The van der Waals surface area contributed by atoms with E-state index in [1.807, 2.05) is 19.1 Å². The molecule has 0 aliphatic rings. The minimum atomic E-state index is -0.190. The van der Waals surface area contributed by atoms with E-state index in [0.717, 1.165) is 12.2 Å². The van der Waals surface area contributed by atoms with Gasteiger partial charge in [-0.1, -0.05) is 0 Å². The van der Waals surface area contributed by atoms with Gasteiger partial charge in [0.25, 0.3) is 0 Å². The summed E-state index contributed by atoms with van der Waals surface area (Å²) in [5.41, 5.74) is 0. The molecule has 0 saturated heterocycles. The third-order valence-corrected chi connectivity index (χ3v) is 2.36. The third-order valence-electron chi connectivity index (χ3n) is 2.36. The van der Waals surface area contributed by atoms with Crippen LogP contribution in [0.15, 0.2) is 22.8 Å². The number of rotatable bonds is 6. The Morgan fingerprint density at radius 2 is 2.25 bits per heavy atom. The molecule has 1 N–H and O–H groups in total. The summed E-state index contributed by atoms with van der Waals surface area (Å²) in [5, 5.41) is 3.32. The van der Waals surface area contributed by atoms with E-state index in [-0.39, 0.29) is 18.1 Å². The standard InChI is InChI=1S/C12H19NO3/c1-9(7-11-5-4-6-16-11)13-10(2)8-12(14)15-3/h4-6,9-10,13H,7-8H2,1-3H3. The monoisotopic (exact) mass is 225 g/mol. The van der Waals surface area contributed by atoms with Crippen LogP contribution in [0.1, 0.15) is 26.0 Å². The maximum absolute atomic E-state index is 11.0. The molecule has 16 heavy (non-hydrogen) atoms. The summed E-state index contributed by atoms with van der Waals surface area (Å²) in [5.74, 6) is 0.760. The molecule has 90 valence electrons. The highest BCUT2D eigenvalue weighted by atomic mass is 16.5. The van der Waals surface area contributed by atoms with E-state index in [9.17, 15) is 4.79 Å². The van der Waals surface area contributed by atoms with Crippen LogP contribution in [0.4, 0.5) is 0 Å². The lowest BCUT2D eigenvalue weighted by atomic mass is 10.1. The Labute approximate surface area is 96.0 Å². The molecule has 2 atom stereocenters. The first-order chi connectivity index (χ1) is 7.61. The summed E-state index contributed by atoms with van der Waals surface area (Å²) in [7, 11) is 1.40. The van der Waals surface area contributed by atoms with E-state index in [2.05, 4.69) is 17.0 Å². The number of hydrogen-bond acceptors (Lipinski definition) is 4. The molecule has 0 saturated carbocycles. The third kappa shape index (κ3) is 4.49. The quantitative estimate of drug-likeness (QED) is 0.749. The predicted octanol–water partition coefficient (Wildman–Crippen LogP) is 1.75. The van der Waals surface area contributed by atoms with Crippen LogP contribution in [0.2, 0.25) is 0 Å². The van der Waals surface area contributed by atoms with Crippen LogP contribution < -0.4 is 5.32 Å². The second-order valence-corrected chi connectivity index (χ2v) is 4.03. The van der Waals surface area contributed by atoms with Gasteiger partial charge in [-0.05, 0) is 26.0 Å². The van der Waals surface area contributed by atoms with Crippen LogP contribution in [0.3, 0.4) is 0 Å². The van der Waals surface area contributed by atoms with Crippen LogP contribution in [0, 0.1) is 0 Å². The number of furan rings is 1. The minimum Gasteiger partial charge on any atom is -0.469 e. The summed E-state index contributed by atoms with van der Waals surface area (Å²) in [4.78, 5) is 11.0. The van der Waals surface area contributed by atoms with Crippen molar-refractivity contribution < 1.29 is 13.9 Å². The molecule has 1 rings (SSSR count). The van der Waals surface area contributed by atoms with Crippen molar-refractivity contribution in [2.45, 2.75) is 38.8 Å². The normalized spacial score (nSPS) is 14.4. The average molecular weight is 225 g/mol. The zero-order chi connectivity index (χ0) is 12.0. The fraction of sp³-hybridized carbons (Fsp3) is 0.583. The molecular formula is C12H19NO3. The molecule has 0 aromatic carbocycles. The largest absolute Gasteiger partial charge is 0.469 e. The number of carbonyl (C=O) groups is 1. The van der Waals surface area contributed by atoms with Crippen molar-refractivity contribution in [1.82, 2.24) is 5.32 Å². The van der Waals surface area contributed by atoms with E-state index >= 15 is 0 Å². The highest BCUT2D eigenvalue weighted by Crippen LogP contribution is 2.05. The maximum atomic E-state index is 11.0. The van der Waals surface area contributed by atoms with Gasteiger partial charge >= 0.3 is 5.97 Å². The zero-order valence-corrected chi connectivity index (χ0v) is 10.0. The van der Waals surface area contributed by atoms with Crippen molar-refractivity contribution in [2.24, 2.45) is 0 Å². The number of carbonyl (C=O) groups excluding carboxylic acids is 1. The Bertz CT molecular complexity index is 308. The van der Waals surface area contributed by atoms with Gasteiger partial charge in [0.1, 0.15) is 5.76 Å². The first-order valence-electron chi connectivity index (χ1n) is 5.47. The fourth-order valence-electron chi connectivity index (χ4n) is 1.67. The van der Waals surface area contributed by atoms with Crippen LogP contribution in [0.5, 0.6) is 0 Å². The van der Waals surface area contributed by atoms with Gasteiger partial charge in [0.05, 0.1) is 19.8 Å². The molecule has 2 unspecified atom stereocenters. The van der Waals surface area contributed by atoms with Gasteiger partial charge in [-0.15, -0.1) is 0 Å². The minimum absolute atomic E-state index is 0.109. The van der Waals surface area contributed by atoms with Crippen LogP contribution in [-0.4, -0.2) is 25.2 Å². The van der Waals surface area contributed by atoms with Gasteiger partial charge < -0.3 is 14.5 Å². The molecule has 0 aliphatic carbocycles. The van der Waals surface area contributed by atoms with Crippen LogP contribution in [0.25, 0.3) is 0 Å². The number of ether oxygens (including phenoxy) is 1. The molecule has 0 fully saturated rings. The smallest absolute Gasteiger partial charge is 0.307 e. The Balaban J connectivity index is 2.28. The molecule has 0 spiro atoms. The van der Waals surface area contributed by atoms with Crippen LogP contribution >= 0.6 is 0 Å². The lowest BCUT2D eigenvalue weighted by Gasteiger charge is -2.18. The van der Waals surface area contributed by atoms with E-state index in [4.69, 9.17) is 4.42 Å². The van der Waals surface area contributed by atoms with E-state index in [1.165, 1.54) is 7.11 Å². The first-order valence-corrected chi connectivity index (χ1v) is 5.47. The molecule has 4 heteroatoms. The molecule has 1 heterocycles. The van der Waals surface area contributed by atoms with Gasteiger partial charge in [0.15, 0.2) is 0 Å². The second kappa shape index (κ2) is 6.33. The molecule has 1 aromatic rings. The van der Waals surface area contributed by atoms with Crippen molar-refractivity contribution in [3.05, 3.63) is 24.2 Å². The summed E-state index contributed by atoms with van der Waals surface area (Å²) in [6.45, 7) is 4.03. The van der Waals surface area contributed by atoms with E-state index in [0.29, 0.717) is 6.42 Å². The molecule has 0 bridgehead atoms. The molecule has 0 aliphatic heterocycles. The van der Waals surface area contributed by atoms with Gasteiger partial charge in [-0.25, -0.2) is 0 Å². The molecule has 4 nitrogen and oxygen atoms in total.